The third kappa shape index (κ3) is 3.90. The summed E-state index contributed by atoms with van der Waals surface area (Å²) >= 11 is 3.27. The van der Waals surface area contributed by atoms with Crippen molar-refractivity contribution in [2.24, 2.45) is 5.73 Å². The number of ether oxygens (including phenoxy) is 2. The Balaban J connectivity index is 2.39. The molecule has 0 saturated carbocycles. The molecule has 2 rings (SSSR count). The van der Waals surface area contributed by atoms with Crippen LogP contribution < -0.4 is 25.8 Å². The van der Waals surface area contributed by atoms with E-state index in [1.54, 1.807) is 0 Å². The van der Waals surface area contributed by atoms with Gasteiger partial charge in [0.05, 0.1) is 7.11 Å². The minimum Gasteiger partial charge on any atom is -0.493 e. The molecule has 0 unspecified atom stereocenters. The zero-order valence-electron chi connectivity index (χ0n) is 12.3. The molecule has 0 bridgehead atoms. The molecule has 0 aliphatic carbocycles. The maximum atomic E-state index is 11.7. The lowest BCUT2D eigenvalue weighted by atomic mass is 10.1. The van der Waals surface area contributed by atoms with Crippen LogP contribution in [0, 0.1) is 0 Å². The average molecular weight is 398 g/mol. The van der Waals surface area contributed by atoms with E-state index < -0.39 is 23.8 Å². The molecule has 1 aliphatic heterocycles. The van der Waals surface area contributed by atoms with Crippen LogP contribution in [0.25, 0.3) is 6.08 Å². The highest BCUT2D eigenvalue weighted by Gasteiger charge is 2.28. The van der Waals surface area contributed by atoms with E-state index in [4.69, 9.17) is 15.2 Å². The number of hydrogen-bond donors (Lipinski definition) is 3. The molecule has 24 heavy (non-hydrogen) atoms. The smallest absolute Gasteiger partial charge is 0.328 e. The second kappa shape index (κ2) is 7.13. The fourth-order valence-corrected chi connectivity index (χ4v) is 2.28. The molecular weight excluding hydrogens is 386 g/mol. The van der Waals surface area contributed by atoms with Crippen LogP contribution >= 0.6 is 15.9 Å². The third-order valence-electron chi connectivity index (χ3n) is 2.90. The van der Waals surface area contributed by atoms with Crippen molar-refractivity contribution >= 4 is 45.8 Å². The summed E-state index contributed by atoms with van der Waals surface area (Å²) in [5, 5.41) is 3.94. The number of primary amides is 1. The first-order valence-electron chi connectivity index (χ1n) is 6.48. The fraction of sp³-hybridized carbons (Fsp3) is 0.143. The van der Waals surface area contributed by atoms with Gasteiger partial charge in [0.15, 0.2) is 18.1 Å². The zero-order chi connectivity index (χ0) is 17.9. The molecule has 9 nitrogen and oxygen atoms in total. The number of urea groups is 1. The van der Waals surface area contributed by atoms with E-state index in [1.807, 2.05) is 10.6 Å². The Bertz CT molecular complexity index is 752. The van der Waals surface area contributed by atoms with Crippen LogP contribution in [0.15, 0.2) is 22.2 Å². The predicted molar refractivity (Wildman–Crippen MR) is 85.0 cm³/mol. The van der Waals surface area contributed by atoms with Crippen LogP contribution in [0.3, 0.4) is 0 Å². The van der Waals surface area contributed by atoms with Gasteiger partial charge in [0, 0.05) is 4.47 Å². The van der Waals surface area contributed by atoms with Crippen molar-refractivity contribution in [1.29, 1.82) is 0 Å². The molecule has 0 spiro atoms. The number of hydrogen-bond acceptors (Lipinski definition) is 6. The average Bonchev–Trinajstić information content (AvgIpc) is 2.50. The largest absolute Gasteiger partial charge is 0.493 e. The number of carbonyl (C=O) groups excluding carboxylic acids is 4. The lowest BCUT2D eigenvalue weighted by Gasteiger charge is -2.15. The van der Waals surface area contributed by atoms with Gasteiger partial charge in [-0.25, -0.2) is 4.79 Å². The first-order chi connectivity index (χ1) is 11.3. The molecule has 1 aliphatic rings. The summed E-state index contributed by atoms with van der Waals surface area (Å²) in [5.74, 6) is -1.77. The molecule has 1 fully saturated rings. The van der Waals surface area contributed by atoms with Crippen molar-refractivity contribution in [3.05, 3.63) is 27.7 Å². The highest BCUT2D eigenvalue weighted by atomic mass is 79.9. The molecular formula is C14H12BrN3O6. The SMILES string of the molecule is COc1cc(C=C2C(=O)NC(=O)NC2=O)c(Br)cc1OCC(N)=O. The number of amides is 5. The number of rotatable bonds is 5. The van der Waals surface area contributed by atoms with Crippen molar-refractivity contribution in [3.63, 3.8) is 0 Å². The molecule has 1 heterocycles. The zero-order valence-corrected chi connectivity index (χ0v) is 13.9. The van der Waals surface area contributed by atoms with Gasteiger partial charge < -0.3 is 15.2 Å². The summed E-state index contributed by atoms with van der Waals surface area (Å²) in [4.78, 5) is 45.3. The van der Waals surface area contributed by atoms with Crippen molar-refractivity contribution < 1.29 is 28.7 Å². The molecule has 0 atom stereocenters. The normalized spacial score (nSPS) is 13.9. The summed E-state index contributed by atoms with van der Waals surface area (Å²) in [6.07, 6.45) is 1.28. The van der Waals surface area contributed by atoms with Gasteiger partial charge >= 0.3 is 6.03 Å². The van der Waals surface area contributed by atoms with E-state index in [-0.39, 0.29) is 23.7 Å². The van der Waals surface area contributed by atoms with Crippen molar-refractivity contribution in [3.8, 4) is 11.5 Å². The standard InChI is InChI=1S/C14H12BrN3O6/c1-23-9-3-6(8(15)4-10(9)24-5-11(16)19)2-7-12(20)17-14(22)18-13(7)21/h2-4H,5H2,1H3,(H2,16,19)(H2,17,18,20,21,22). The maximum Gasteiger partial charge on any atom is 0.328 e. The van der Waals surface area contributed by atoms with Crippen LogP contribution in [-0.4, -0.2) is 37.5 Å². The molecule has 4 N–H and O–H groups in total. The first kappa shape index (κ1) is 17.5. The van der Waals surface area contributed by atoms with E-state index in [1.165, 1.54) is 25.3 Å². The molecule has 1 aromatic carbocycles. The second-order valence-electron chi connectivity index (χ2n) is 4.57. The number of methoxy groups -OCH3 is 1. The topological polar surface area (TPSA) is 137 Å². The summed E-state index contributed by atoms with van der Waals surface area (Å²) in [6, 6.07) is 2.11. The van der Waals surface area contributed by atoms with E-state index in [0.29, 0.717) is 10.0 Å². The van der Waals surface area contributed by atoms with E-state index in [0.717, 1.165) is 0 Å². The lowest BCUT2D eigenvalue weighted by molar-refractivity contribution is -0.124. The van der Waals surface area contributed by atoms with Gasteiger partial charge in [0.1, 0.15) is 5.57 Å². The van der Waals surface area contributed by atoms with Gasteiger partial charge in [-0.05, 0) is 23.8 Å². The van der Waals surface area contributed by atoms with E-state index in [9.17, 15) is 19.2 Å². The number of halogens is 1. The van der Waals surface area contributed by atoms with Gasteiger partial charge in [-0.2, -0.15) is 0 Å². The molecule has 0 radical (unpaired) electrons. The quantitative estimate of drug-likeness (QED) is 0.474. The number of imide groups is 2. The molecule has 1 saturated heterocycles. The maximum absolute atomic E-state index is 11.7. The number of nitrogens with two attached hydrogens (primary N) is 1. The first-order valence-corrected chi connectivity index (χ1v) is 7.28. The number of benzene rings is 1. The van der Waals surface area contributed by atoms with Crippen molar-refractivity contribution in [2.75, 3.05) is 13.7 Å². The minimum absolute atomic E-state index is 0.247. The Morgan fingerprint density at radius 3 is 2.38 bits per heavy atom. The molecule has 0 aromatic heterocycles. The van der Waals surface area contributed by atoms with Crippen molar-refractivity contribution in [1.82, 2.24) is 10.6 Å². The van der Waals surface area contributed by atoms with Gasteiger partial charge in [0.25, 0.3) is 17.7 Å². The highest BCUT2D eigenvalue weighted by molar-refractivity contribution is 9.10. The number of barbiturate groups is 1. The fourth-order valence-electron chi connectivity index (χ4n) is 1.84. The van der Waals surface area contributed by atoms with Crippen LogP contribution in [0.1, 0.15) is 5.56 Å². The highest BCUT2D eigenvalue weighted by Crippen LogP contribution is 2.34. The van der Waals surface area contributed by atoms with Crippen LogP contribution in [0.4, 0.5) is 4.79 Å². The summed E-state index contributed by atoms with van der Waals surface area (Å²) in [6.45, 7) is -0.337. The van der Waals surface area contributed by atoms with Crippen LogP contribution in [0.2, 0.25) is 0 Å². The van der Waals surface area contributed by atoms with Gasteiger partial charge in [0.2, 0.25) is 0 Å². The Hall–Kier alpha value is -2.88. The molecule has 126 valence electrons. The van der Waals surface area contributed by atoms with E-state index >= 15 is 0 Å². The van der Waals surface area contributed by atoms with Crippen LogP contribution in [0.5, 0.6) is 11.5 Å². The number of nitrogens with one attached hydrogen (secondary N) is 2. The van der Waals surface area contributed by atoms with Gasteiger partial charge in [-0.15, -0.1) is 0 Å². The second-order valence-corrected chi connectivity index (χ2v) is 5.43. The summed E-state index contributed by atoms with van der Waals surface area (Å²) < 4.78 is 10.8. The third-order valence-corrected chi connectivity index (χ3v) is 3.58. The Morgan fingerprint density at radius 1 is 1.21 bits per heavy atom. The van der Waals surface area contributed by atoms with Gasteiger partial charge in [-0.1, -0.05) is 15.9 Å². The summed E-state index contributed by atoms with van der Waals surface area (Å²) in [7, 11) is 1.38. The minimum atomic E-state index is -0.881. The van der Waals surface area contributed by atoms with E-state index in [2.05, 4.69) is 15.9 Å². The predicted octanol–water partition coefficient (Wildman–Crippen LogP) is 0.0712. The Kier molecular flexibility index (Phi) is 5.19. The number of carbonyl (C=O) groups is 4. The van der Waals surface area contributed by atoms with Crippen LogP contribution in [-0.2, 0) is 14.4 Å². The summed E-state index contributed by atoms with van der Waals surface area (Å²) in [5.41, 5.74) is 5.20. The lowest BCUT2D eigenvalue weighted by Crippen LogP contribution is -2.51. The monoisotopic (exact) mass is 397 g/mol. The Labute approximate surface area is 144 Å². The Morgan fingerprint density at radius 2 is 1.83 bits per heavy atom. The molecule has 10 heteroatoms. The van der Waals surface area contributed by atoms with Gasteiger partial charge in [-0.3, -0.25) is 25.0 Å². The molecule has 1 aromatic rings. The molecule has 5 amide bonds. The van der Waals surface area contributed by atoms with Crippen molar-refractivity contribution in [2.45, 2.75) is 0 Å².